The standard InChI is InChI=1S/C22H39NO2/c1-23(20-5-3-2-4-6-20)15-21(24)16-25-8-7-22-12-17-9-18(13-22)11-19(10-17)14-22/h17-21,24H,2-16H2,1H3/t17?,18?,19?,21-,22?/m0/s1. The van der Waals surface area contributed by atoms with Crippen molar-refractivity contribution in [3.05, 3.63) is 0 Å². The van der Waals surface area contributed by atoms with Crippen LogP contribution in [-0.2, 0) is 4.74 Å². The summed E-state index contributed by atoms with van der Waals surface area (Å²) in [5.41, 5.74) is 0.610. The highest BCUT2D eigenvalue weighted by Crippen LogP contribution is 2.61. The number of hydrogen-bond donors (Lipinski definition) is 1. The summed E-state index contributed by atoms with van der Waals surface area (Å²) in [6, 6.07) is 0.676. The van der Waals surface area contributed by atoms with Crippen LogP contribution in [-0.4, -0.2) is 49.0 Å². The zero-order valence-electron chi connectivity index (χ0n) is 16.3. The molecule has 1 N–H and O–H groups in total. The van der Waals surface area contributed by atoms with E-state index in [-0.39, 0.29) is 6.10 Å². The van der Waals surface area contributed by atoms with Crippen molar-refractivity contribution >= 4 is 0 Å². The molecule has 0 aromatic rings. The minimum absolute atomic E-state index is 0.330. The van der Waals surface area contributed by atoms with E-state index >= 15 is 0 Å². The molecule has 3 nitrogen and oxygen atoms in total. The fourth-order valence-corrected chi connectivity index (χ4v) is 7.16. The van der Waals surface area contributed by atoms with E-state index in [1.807, 2.05) is 0 Å². The number of ether oxygens (including phenoxy) is 1. The van der Waals surface area contributed by atoms with E-state index in [4.69, 9.17) is 4.74 Å². The van der Waals surface area contributed by atoms with E-state index in [1.165, 1.54) is 77.0 Å². The van der Waals surface area contributed by atoms with E-state index in [0.717, 1.165) is 30.9 Å². The van der Waals surface area contributed by atoms with Crippen LogP contribution in [0.2, 0.25) is 0 Å². The molecule has 0 aromatic carbocycles. The van der Waals surface area contributed by atoms with Crippen molar-refractivity contribution in [2.45, 2.75) is 89.2 Å². The summed E-state index contributed by atoms with van der Waals surface area (Å²) in [5, 5.41) is 10.3. The summed E-state index contributed by atoms with van der Waals surface area (Å²) in [4.78, 5) is 2.37. The summed E-state index contributed by atoms with van der Waals surface area (Å²) in [7, 11) is 2.18. The second-order valence-electron chi connectivity index (χ2n) is 10.1. The van der Waals surface area contributed by atoms with Gasteiger partial charge in [0.1, 0.15) is 0 Å². The van der Waals surface area contributed by atoms with Crippen LogP contribution in [0.1, 0.15) is 77.0 Å². The lowest BCUT2D eigenvalue weighted by Gasteiger charge is -2.57. The van der Waals surface area contributed by atoms with Crippen molar-refractivity contribution in [1.82, 2.24) is 4.90 Å². The van der Waals surface area contributed by atoms with Crippen LogP contribution in [0.15, 0.2) is 0 Å². The molecule has 0 heterocycles. The Kier molecular flexibility index (Phi) is 5.74. The second kappa shape index (κ2) is 7.86. The highest BCUT2D eigenvalue weighted by Gasteiger charge is 2.50. The van der Waals surface area contributed by atoms with Gasteiger partial charge in [0.05, 0.1) is 12.7 Å². The number of rotatable bonds is 8. The van der Waals surface area contributed by atoms with Crippen LogP contribution in [0.4, 0.5) is 0 Å². The monoisotopic (exact) mass is 349 g/mol. The molecule has 5 fully saturated rings. The summed E-state index contributed by atoms with van der Waals surface area (Å²) in [6.45, 7) is 2.14. The number of nitrogens with zero attached hydrogens (tertiary/aromatic N) is 1. The van der Waals surface area contributed by atoms with Crippen LogP contribution in [0, 0.1) is 23.2 Å². The van der Waals surface area contributed by atoms with E-state index in [9.17, 15) is 5.11 Å². The quantitative estimate of drug-likeness (QED) is 0.666. The molecule has 0 amide bonds. The molecular formula is C22H39NO2. The minimum atomic E-state index is -0.330. The maximum Gasteiger partial charge on any atom is 0.0900 e. The molecule has 0 saturated heterocycles. The molecule has 5 aliphatic rings. The molecule has 0 aliphatic heterocycles. The number of aliphatic hydroxyl groups is 1. The predicted molar refractivity (Wildman–Crippen MR) is 102 cm³/mol. The van der Waals surface area contributed by atoms with E-state index in [2.05, 4.69) is 11.9 Å². The third kappa shape index (κ3) is 4.42. The van der Waals surface area contributed by atoms with Gasteiger partial charge in [0.2, 0.25) is 0 Å². The lowest BCUT2D eigenvalue weighted by molar-refractivity contribution is -0.0743. The first-order valence-electron chi connectivity index (χ1n) is 11.1. The third-order valence-electron chi connectivity index (χ3n) is 7.95. The minimum Gasteiger partial charge on any atom is -0.389 e. The molecule has 3 heteroatoms. The van der Waals surface area contributed by atoms with Gasteiger partial charge >= 0.3 is 0 Å². The summed E-state index contributed by atoms with van der Waals surface area (Å²) >= 11 is 0. The maximum atomic E-state index is 10.3. The van der Waals surface area contributed by atoms with E-state index in [1.54, 1.807) is 0 Å². The molecule has 144 valence electrons. The van der Waals surface area contributed by atoms with Gasteiger partial charge < -0.3 is 14.7 Å². The average Bonchev–Trinajstić information content (AvgIpc) is 2.58. The molecule has 5 rings (SSSR count). The van der Waals surface area contributed by atoms with Crippen molar-refractivity contribution in [2.75, 3.05) is 26.8 Å². The Balaban J connectivity index is 1.15. The summed E-state index contributed by atoms with van der Waals surface area (Å²) < 4.78 is 5.95. The van der Waals surface area contributed by atoms with Gasteiger partial charge in [0, 0.05) is 19.2 Å². The second-order valence-corrected chi connectivity index (χ2v) is 10.1. The molecule has 0 radical (unpaired) electrons. The van der Waals surface area contributed by atoms with E-state index in [0.29, 0.717) is 18.1 Å². The van der Waals surface area contributed by atoms with Gasteiger partial charge in [-0.25, -0.2) is 0 Å². The van der Waals surface area contributed by atoms with Gasteiger partial charge in [-0.3, -0.25) is 0 Å². The molecule has 0 unspecified atom stereocenters. The first-order chi connectivity index (χ1) is 12.1. The van der Waals surface area contributed by atoms with Crippen LogP contribution in [0.3, 0.4) is 0 Å². The highest BCUT2D eigenvalue weighted by molar-refractivity contribution is 5.01. The lowest BCUT2D eigenvalue weighted by Crippen LogP contribution is -2.46. The van der Waals surface area contributed by atoms with Crippen molar-refractivity contribution in [3.8, 4) is 0 Å². The van der Waals surface area contributed by atoms with Gasteiger partial charge in [0.15, 0.2) is 0 Å². The van der Waals surface area contributed by atoms with Crippen molar-refractivity contribution < 1.29 is 9.84 Å². The van der Waals surface area contributed by atoms with Crippen molar-refractivity contribution in [1.29, 1.82) is 0 Å². The Morgan fingerprint density at radius 1 is 1.00 bits per heavy atom. The molecule has 0 spiro atoms. The Labute approximate surface area is 154 Å². The summed E-state index contributed by atoms with van der Waals surface area (Å²) in [6.07, 6.45) is 16.6. The lowest BCUT2D eigenvalue weighted by atomic mass is 9.49. The smallest absolute Gasteiger partial charge is 0.0900 e. The van der Waals surface area contributed by atoms with Crippen LogP contribution in [0.25, 0.3) is 0 Å². The fourth-order valence-electron chi connectivity index (χ4n) is 7.16. The molecule has 1 atom stereocenters. The summed E-state index contributed by atoms with van der Waals surface area (Å²) in [5.74, 6) is 3.09. The Bertz CT molecular complexity index is 396. The van der Waals surface area contributed by atoms with Crippen molar-refractivity contribution in [2.24, 2.45) is 23.2 Å². The topological polar surface area (TPSA) is 32.7 Å². The first kappa shape index (κ1) is 18.3. The van der Waals surface area contributed by atoms with Gasteiger partial charge in [0.25, 0.3) is 0 Å². The average molecular weight is 350 g/mol. The molecule has 5 saturated carbocycles. The molecule has 5 aliphatic carbocycles. The molecule has 0 aromatic heterocycles. The number of hydrogen-bond acceptors (Lipinski definition) is 3. The third-order valence-corrected chi connectivity index (χ3v) is 7.95. The van der Waals surface area contributed by atoms with Gasteiger partial charge in [-0.15, -0.1) is 0 Å². The van der Waals surface area contributed by atoms with Gasteiger partial charge in [-0.05, 0) is 88.0 Å². The van der Waals surface area contributed by atoms with Crippen molar-refractivity contribution in [3.63, 3.8) is 0 Å². The predicted octanol–water partition coefficient (Wildman–Crippen LogP) is 4.23. The molecular weight excluding hydrogens is 310 g/mol. The maximum absolute atomic E-state index is 10.3. The molecule has 4 bridgehead atoms. The van der Waals surface area contributed by atoms with Gasteiger partial charge in [-0.1, -0.05) is 19.3 Å². The Morgan fingerprint density at radius 3 is 2.20 bits per heavy atom. The number of likely N-dealkylation sites (N-methyl/N-ethyl adjacent to an activating group) is 1. The Morgan fingerprint density at radius 2 is 1.60 bits per heavy atom. The van der Waals surface area contributed by atoms with Crippen LogP contribution in [0.5, 0.6) is 0 Å². The normalized spacial score (nSPS) is 39.2. The zero-order valence-corrected chi connectivity index (χ0v) is 16.3. The fraction of sp³-hybridized carbons (Fsp3) is 1.00. The van der Waals surface area contributed by atoms with Gasteiger partial charge in [-0.2, -0.15) is 0 Å². The molecule has 25 heavy (non-hydrogen) atoms. The Hall–Kier alpha value is -0.120. The highest BCUT2D eigenvalue weighted by atomic mass is 16.5. The zero-order chi connectivity index (χ0) is 17.3. The largest absolute Gasteiger partial charge is 0.389 e. The van der Waals surface area contributed by atoms with Crippen LogP contribution < -0.4 is 0 Å². The van der Waals surface area contributed by atoms with E-state index < -0.39 is 0 Å². The number of aliphatic hydroxyl groups excluding tert-OH is 1. The van der Waals surface area contributed by atoms with Crippen LogP contribution >= 0.6 is 0 Å². The first-order valence-corrected chi connectivity index (χ1v) is 11.1. The SMILES string of the molecule is CN(C[C@H](O)COCCC12CC3CC(CC(C3)C1)C2)C1CCCCC1.